The average molecular weight is 268 g/mol. The number of carbonyl (C=O) groups excluding carboxylic acids is 1. The highest BCUT2D eigenvalue weighted by Gasteiger charge is 2.45. The molecule has 0 aliphatic carbocycles. The first-order valence-corrected chi connectivity index (χ1v) is 5.22. The molecule has 1 aliphatic rings. The van der Waals surface area contributed by atoms with E-state index in [0.717, 1.165) is 0 Å². The van der Waals surface area contributed by atoms with Crippen molar-refractivity contribution in [3.63, 3.8) is 0 Å². The minimum Gasteiger partial charge on any atom is -0.431 e. The first kappa shape index (κ1) is 15.2. The predicted molar refractivity (Wildman–Crippen MR) is 53.0 cm³/mol. The van der Waals surface area contributed by atoms with Gasteiger partial charge in [-0.3, -0.25) is 0 Å². The van der Waals surface area contributed by atoms with E-state index in [1.807, 2.05) is 0 Å². The number of ether oxygens (including phenoxy) is 2. The van der Waals surface area contributed by atoms with E-state index in [2.05, 4.69) is 4.74 Å². The summed E-state index contributed by atoms with van der Waals surface area (Å²) in [6, 6.07) is 0. The fourth-order valence-corrected chi connectivity index (χ4v) is 1.43. The summed E-state index contributed by atoms with van der Waals surface area (Å²) in [5.74, 6) is -1.26. The van der Waals surface area contributed by atoms with Gasteiger partial charge in [0.15, 0.2) is 6.10 Å². The van der Waals surface area contributed by atoms with Crippen molar-refractivity contribution in [1.29, 1.82) is 0 Å². The third-order valence-corrected chi connectivity index (χ3v) is 2.53. The summed E-state index contributed by atoms with van der Waals surface area (Å²) in [4.78, 5) is 11.1. The van der Waals surface area contributed by atoms with Crippen molar-refractivity contribution < 1.29 is 44.9 Å². The van der Waals surface area contributed by atoms with Gasteiger partial charge in [-0.1, -0.05) is 0 Å². The van der Waals surface area contributed by atoms with Crippen molar-refractivity contribution in [2.24, 2.45) is 0 Å². The van der Waals surface area contributed by atoms with Gasteiger partial charge < -0.3 is 40.1 Å². The standard InChI is InChI=1S/C9H16O9/c10-1-3(12)8(16)18-9-7(15)6(14)5(13)4(2-11)17-9/h3-7,9-15H,1-2H2/t3?,4-,5+,6+,7-,9?/m1/s1. The molecule has 106 valence electrons. The molecule has 1 heterocycles. The summed E-state index contributed by atoms with van der Waals surface area (Å²) in [5, 5.41) is 54.6. The number of aliphatic hydroxyl groups is 6. The second-order valence-electron chi connectivity index (χ2n) is 3.83. The lowest BCUT2D eigenvalue weighted by Crippen LogP contribution is -2.59. The van der Waals surface area contributed by atoms with Crippen LogP contribution in [0.1, 0.15) is 0 Å². The van der Waals surface area contributed by atoms with Crippen LogP contribution >= 0.6 is 0 Å². The van der Waals surface area contributed by atoms with E-state index in [0.29, 0.717) is 0 Å². The molecule has 0 aromatic heterocycles. The highest BCUT2D eigenvalue weighted by Crippen LogP contribution is 2.22. The van der Waals surface area contributed by atoms with Gasteiger partial charge in [0.2, 0.25) is 6.29 Å². The maximum atomic E-state index is 11.1. The Morgan fingerprint density at radius 2 is 1.78 bits per heavy atom. The van der Waals surface area contributed by atoms with Gasteiger partial charge >= 0.3 is 5.97 Å². The van der Waals surface area contributed by atoms with Crippen molar-refractivity contribution in [3.8, 4) is 0 Å². The van der Waals surface area contributed by atoms with Crippen LogP contribution in [0.3, 0.4) is 0 Å². The lowest BCUT2D eigenvalue weighted by molar-refractivity contribution is -0.294. The molecule has 0 amide bonds. The van der Waals surface area contributed by atoms with Crippen LogP contribution in [0.4, 0.5) is 0 Å². The number of hydrogen-bond donors (Lipinski definition) is 6. The largest absolute Gasteiger partial charge is 0.431 e. The van der Waals surface area contributed by atoms with Crippen molar-refractivity contribution >= 4 is 5.97 Å². The molecule has 0 radical (unpaired) electrons. The number of carbonyl (C=O) groups is 1. The van der Waals surface area contributed by atoms with Crippen LogP contribution in [-0.2, 0) is 14.3 Å². The molecule has 6 N–H and O–H groups in total. The molecular formula is C9H16O9. The molecule has 0 saturated carbocycles. The van der Waals surface area contributed by atoms with Crippen LogP contribution in [-0.4, -0.2) is 86.6 Å². The fourth-order valence-electron chi connectivity index (χ4n) is 1.43. The predicted octanol–water partition coefficient (Wildman–Crippen LogP) is -4.32. The molecule has 9 nitrogen and oxygen atoms in total. The van der Waals surface area contributed by atoms with Gasteiger partial charge in [-0.2, -0.15) is 0 Å². The Balaban J connectivity index is 2.67. The second kappa shape index (κ2) is 6.38. The Labute approximate surface area is 102 Å². The van der Waals surface area contributed by atoms with Gasteiger partial charge in [0, 0.05) is 0 Å². The van der Waals surface area contributed by atoms with Gasteiger partial charge in [-0.05, 0) is 0 Å². The fraction of sp³-hybridized carbons (Fsp3) is 0.889. The maximum Gasteiger partial charge on any atom is 0.339 e. The van der Waals surface area contributed by atoms with E-state index in [1.165, 1.54) is 0 Å². The van der Waals surface area contributed by atoms with E-state index in [1.54, 1.807) is 0 Å². The molecule has 1 aliphatic heterocycles. The molecule has 2 unspecified atom stereocenters. The molecule has 0 aromatic rings. The SMILES string of the molecule is O=C(OC1O[C@H](CO)[C@H](O)[C@H](O)[C@H]1O)C(O)CO. The highest BCUT2D eigenvalue weighted by atomic mass is 16.7. The van der Waals surface area contributed by atoms with Gasteiger partial charge in [0.25, 0.3) is 0 Å². The van der Waals surface area contributed by atoms with Crippen molar-refractivity contribution in [3.05, 3.63) is 0 Å². The molecule has 1 saturated heterocycles. The van der Waals surface area contributed by atoms with Crippen LogP contribution in [0.25, 0.3) is 0 Å². The highest BCUT2D eigenvalue weighted by molar-refractivity contribution is 5.74. The summed E-state index contributed by atoms with van der Waals surface area (Å²) in [7, 11) is 0. The lowest BCUT2D eigenvalue weighted by Gasteiger charge is -2.39. The molecule has 18 heavy (non-hydrogen) atoms. The normalized spacial score (nSPS) is 38.2. The number of aliphatic hydroxyl groups excluding tert-OH is 6. The third kappa shape index (κ3) is 3.14. The van der Waals surface area contributed by atoms with Gasteiger partial charge in [0.05, 0.1) is 13.2 Å². The molecule has 9 heteroatoms. The lowest BCUT2D eigenvalue weighted by atomic mass is 9.99. The van der Waals surface area contributed by atoms with E-state index < -0.39 is 56.0 Å². The smallest absolute Gasteiger partial charge is 0.339 e. The zero-order chi connectivity index (χ0) is 13.9. The first-order valence-electron chi connectivity index (χ1n) is 5.22. The molecule has 0 bridgehead atoms. The topological polar surface area (TPSA) is 157 Å². The number of esters is 1. The monoisotopic (exact) mass is 268 g/mol. The molecule has 6 atom stereocenters. The summed E-state index contributed by atoms with van der Waals surface area (Å²) in [6.45, 7) is -1.54. The summed E-state index contributed by atoms with van der Waals surface area (Å²) in [5.41, 5.74) is 0. The molecule has 0 spiro atoms. The Kier molecular flexibility index (Phi) is 5.41. The van der Waals surface area contributed by atoms with E-state index in [4.69, 9.17) is 20.1 Å². The number of hydrogen-bond acceptors (Lipinski definition) is 9. The Bertz CT molecular complexity index is 281. The second-order valence-corrected chi connectivity index (χ2v) is 3.83. The molecule has 1 rings (SSSR count). The third-order valence-electron chi connectivity index (χ3n) is 2.53. The minimum absolute atomic E-state index is 0.665. The van der Waals surface area contributed by atoms with E-state index >= 15 is 0 Å². The zero-order valence-electron chi connectivity index (χ0n) is 9.29. The molecule has 0 aromatic carbocycles. The zero-order valence-corrected chi connectivity index (χ0v) is 9.29. The maximum absolute atomic E-state index is 11.1. The van der Waals surface area contributed by atoms with Gasteiger partial charge in [0.1, 0.15) is 24.4 Å². The Hall–Kier alpha value is -0.810. The first-order chi connectivity index (χ1) is 8.42. The van der Waals surface area contributed by atoms with E-state index in [9.17, 15) is 20.1 Å². The average Bonchev–Trinajstić information content (AvgIpc) is 2.38. The quantitative estimate of drug-likeness (QED) is 0.277. The Morgan fingerprint density at radius 1 is 1.17 bits per heavy atom. The Morgan fingerprint density at radius 3 is 2.28 bits per heavy atom. The van der Waals surface area contributed by atoms with Gasteiger partial charge in [-0.25, -0.2) is 4.79 Å². The van der Waals surface area contributed by atoms with Crippen LogP contribution < -0.4 is 0 Å². The van der Waals surface area contributed by atoms with Crippen molar-refractivity contribution in [2.45, 2.75) is 36.8 Å². The van der Waals surface area contributed by atoms with Crippen molar-refractivity contribution in [2.75, 3.05) is 13.2 Å². The van der Waals surface area contributed by atoms with Crippen molar-refractivity contribution in [1.82, 2.24) is 0 Å². The molecular weight excluding hydrogens is 252 g/mol. The minimum atomic E-state index is -1.81. The van der Waals surface area contributed by atoms with E-state index in [-0.39, 0.29) is 0 Å². The van der Waals surface area contributed by atoms with Crippen LogP contribution in [0.5, 0.6) is 0 Å². The van der Waals surface area contributed by atoms with Crippen LogP contribution in [0, 0.1) is 0 Å². The number of rotatable bonds is 4. The van der Waals surface area contributed by atoms with Crippen LogP contribution in [0.2, 0.25) is 0 Å². The summed E-state index contributed by atoms with van der Waals surface area (Å²) in [6.07, 6.45) is -9.67. The summed E-state index contributed by atoms with van der Waals surface area (Å²) >= 11 is 0. The van der Waals surface area contributed by atoms with Crippen LogP contribution in [0.15, 0.2) is 0 Å². The van der Waals surface area contributed by atoms with Gasteiger partial charge in [-0.15, -0.1) is 0 Å². The summed E-state index contributed by atoms with van der Waals surface area (Å²) < 4.78 is 9.35. The molecule has 1 fully saturated rings.